The Morgan fingerprint density at radius 2 is 1.86 bits per heavy atom. The van der Waals surface area contributed by atoms with E-state index in [1.807, 2.05) is 25.7 Å². The maximum Gasteiger partial charge on any atom is 0.410 e. The van der Waals surface area contributed by atoms with Gasteiger partial charge in [-0.25, -0.2) is 14.8 Å². The van der Waals surface area contributed by atoms with Crippen molar-refractivity contribution < 1.29 is 19.4 Å². The number of piperazine rings is 1. The van der Waals surface area contributed by atoms with E-state index in [4.69, 9.17) is 9.47 Å². The van der Waals surface area contributed by atoms with Crippen molar-refractivity contribution in [2.75, 3.05) is 32.8 Å². The summed E-state index contributed by atoms with van der Waals surface area (Å²) in [5, 5.41) is 10.6. The largest absolute Gasteiger partial charge is 0.474 e. The van der Waals surface area contributed by atoms with Gasteiger partial charge in [-0.2, -0.15) is 0 Å². The first kappa shape index (κ1) is 24.7. The van der Waals surface area contributed by atoms with Crippen LogP contribution in [0.2, 0.25) is 0 Å². The zero-order valence-corrected chi connectivity index (χ0v) is 22.0. The third-order valence-corrected chi connectivity index (χ3v) is 8.75. The van der Waals surface area contributed by atoms with Gasteiger partial charge in [0.2, 0.25) is 5.88 Å². The number of nitrogens with zero attached hydrogens (tertiary/aromatic N) is 4. The highest BCUT2D eigenvalue weighted by molar-refractivity contribution is 7.19. The molecule has 35 heavy (non-hydrogen) atoms. The highest BCUT2D eigenvalue weighted by Crippen LogP contribution is 2.47. The lowest BCUT2D eigenvalue weighted by Crippen LogP contribution is -2.53. The first-order valence-corrected chi connectivity index (χ1v) is 13.9. The van der Waals surface area contributed by atoms with Crippen molar-refractivity contribution in [2.24, 2.45) is 0 Å². The molecule has 1 N–H and O–H groups in total. The van der Waals surface area contributed by atoms with Crippen LogP contribution in [0.3, 0.4) is 0 Å². The number of ether oxygens (including phenoxy) is 2. The summed E-state index contributed by atoms with van der Waals surface area (Å²) in [7, 11) is 0. The van der Waals surface area contributed by atoms with E-state index in [1.54, 1.807) is 17.7 Å². The van der Waals surface area contributed by atoms with Crippen LogP contribution < -0.4 is 4.74 Å². The van der Waals surface area contributed by atoms with Gasteiger partial charge in [-0.05, 0) is 77.2 Å². The summed E-state index contributed by atoms with van der Waals surface area (Å²) in [5.41, 5.74) is 0.872. The number of carbonyl (C=O) groups is 1. The van der Waals surface area contributed by atoms with Gasteiger partial charge in [0.15, 0.2) is 0 Å². The molecular formula is C26H38N4O4S. The van der Waals surface area contributed by atoms with E-state index in [9.17, 15) is 9.90 Å². The van der Waals surface area contributed by atoms with Crippen LogP contribution in [0.25, 0.3) is 10.2 Å². The molecule has 2 aromatic heterocycles. The van der Waals surface area contributed by atoms with Crippen LogP contribution in [0.5, 0.6) is 5.88 Å². The molecular weight excluding hydrogens is 464 g/mol. The molecule has 0 radical (unpaired) electrons. The van der Waals surface area contributed by atoms with Gasteiger partial charge in [-0.3, -0.25) is 4.90 Å². The van der Waals surface area contributed by atoms with Crippen LogP contribution >= 0.6 is 11.3 Å². The van der Waals surface area contributed by atoms with Crippen LogP contribution in [0.4, 0.5) is 4.79 Å². The Morgan fingerprint density at radius 3 is 2.54 bits per heavy atom. The number of aromatic nitrogens is 2. The highest BCUT2D eigenvalue weighted by Gasteiger charge is 2.33. The molecule has 0 spiro atoms. The predicted molar refractivity (Wildman–Crippen MR) is 136 cm³/mol. The lowest BCUT2D eigenvalue weighted by atomic mass is 9.91. The molecule has 1 aliphatic heterocycles. The molecule has 8 nitrogen and oxygen atoms in total. The molecule has 1 saturated carbocycles. The van der Waals surface area contributed by atoms with Crippen molar-refractivity contribution >= 4 is 27.6 Å². The van der Waals surface area contributed by atoms with Crippen molar-refractivity contribution in [3.63, 3.8) is 0 Å². The van der Waals surface area contributed by atoms with E-state index >= 15 is 0 Å². The van der Waals surface area contributed by atoms with E-state index < -0.39 is 5.60 Å². The van der Waals surface area contributed by atoms with Gasteiger partial charge in [-0.15, -0.1) is 11.3 Å². The fraction of sp³-hybridized carbons (Fsp3) is 0.731. The van der Waals surface area contributed by atoms with Crippen molar-refractivity contribution in [1.29, 1.82) is 0 Å². The molecule has 9 heteroatoms. The van der Waals surface area contributed by atoms with Crippen molar-refractivity contribution in [1.82, 2.24) is 19.8 Å². The number of carbonyl (C=O) groups excluding carboxylic acids is 1. The van der Waals surface area contributed by atoms with Crippen LogP contribution in [-0.2, 0) is 11.2 Å². The number of thiophene rings is 1. The fourth-order valence-electron chi connectivity index (χ4n) is 5.86. The van der Waals surface area contributed by atoms with Gasteiger partial charge in [0.25, 0.3) is 0 Å². The molecule has 2 fully saturated rings. The summed E-state index contributed by atoms with van der Waals surface area (Å²) >= 11 is 1.76. The van der Waals surface area contributed by atoms with Crippen LogP contribution in [0, 0.1) is 0 Å². The van der Waals surface area contributed by atoms with E-state index in [2.05, 4.69) is 14.9 Å². The minimum absolute atomic E-state index is 0.167. The molecule has 1 atom stereocenters. The first-order chi connectivity index (χ1) is 16.8. The zero-order valence-electron chi connectivity index (χ0n) is 21.2. The average Bonchev–Trinajstić information content (AvgIpc) is 3.39. The summed E-state index contributed by atoms with van der Waals surface area (Å²) in [5.74, 6) is 1.11. The van der Waals surface area contributed by atoms with Gasteiger partial charge >= 0.3 is 6.09 Å². The topological polar surface area (TPSA) is 88.0 Å². The minimum atomic E-state index is -0.454. The average molecular weight is 503 g/mol. The molecule has 3 heterocycles. The summed E-state index contributed by atoms with van der Waals surface area (Å²) in [6.45, 7) is 9.19. The second-order valence-corrected chi connectivity index (χ2v) is 12.2. The minimum Gasteiger partial charge on any atom is -0.474 e. The van der Waals surface area contributed by atoms with Crippen molar-refractivity contribution in [3.8, 4) is 5.88 Å². The zero-order chi connectivity index (χ0) is 24.6. The Morgan fingerprint density at radius 1 is 1.11 bits per heavy atom. The summed E-state index contributed by atoms with van der Waals surface area (Å²) < 4.78 is 12.0. The standard InChI is InChI=1S/C26H38N4O4S/c1-26(2,3)34-25(32)30-13-11-29(12-14-30)18-5-7-19(8-6-18)33-23-22-21-17(10-15-31)4-9-20(21)35-24(22)28-16-27-23/h16-19,31H,4-15H2,1-3H3/t17-,18-,19-/m1/s1. The van der Waals surface area contributed by atoms with Gasteiger partial charge < -0.3 is 19.5 Å². The maximum absolute atomic E-state index is 12.4. The monoisotopic (exact) mass is 502 g/mol. The normalized spacial score (nSPS) is 25.6. The number of aliphatic hydroxyl groups is 1. The first-order valence-electron chi connectivity index (χ1n) is 13.1. The Hall–Kier alpha value is -1.97. The molecule has 1 saturated heterocycles. The molecule has 5 rings (SSSR count). The van der Waals surface area contributed by atoms with E-state index in [1.165, 1.54) is 10.4 Å². The van der Waals surface area contributed by atoms with E-state index in [0.29, 0.717) is 12.0 Å². The molecule has 192 valence electrons. The van der Waals surface area contributed by atoms with Crippen molar-refractivity contribution in [3.05, 3.63) is 16.8 Å². The molecule has 2 aromatic rings. The molecule has 0 unspecified atom stereocenters. The molecule has 0 bridgehead atoms. The number of rotatable bonds is 5. The lowest BCUT2D eigenvalue weighted by molar-refractivity contribution is 0.00508. The number of amides is 1. The summed E-state index contributed by atoms with van der Waals surface area (Å²) in [6.07, 6.45) is 8.75. The number of hydrogen-bond acceptors (Lipinski definition) is 8. The third-order valence-electron chi connectivity index (χ3n) is 7.58. The van der Waals surface area contributed by atoms with Gasteiger partial charge in [-0.1, -0.05) is 0 Å². The fourth-order valence-corrected chi connectivity index (χ4v) is 7.09. The summed E-state index contributed by atoms with van der Waals surface area (Å²) in [4.78, 5) is 28.2. The van der Waals surface area contributed by atoms with Crippen molar-refractivity contribution in [2.45, 2.75) is 89.4 Å². The number of aryl methyl sites for hydroxylation is 1. The molecule has 0 aromatic carbocycles. The Balaban J connectivity index is 1.16. The highest BCUT2D eigenvalue weighted by atomic mass is 32.1. The van der Waals surface area contributed by atoms with Crippen LogP contribution in [0.1, 0.15) is 75.7 Å². The van der Waals surface area contributed by atoms with Crippen LogP contribution in [0.15, 0.2) is 6.33 Å². The van der Waals surface area contributed by atoms with Gasteiger partial charge in [0.1, 0.15) is 22.9 Å². The second kappa shape index (κ2) is 10.2. The summed E-state index contributed by atoms with van der Waals surface area (Å²) in [6, 6.07) is 0.542. The second-order valence-electron chi connectivity index (χ2n) is 11.1. The molecule has 2 aliphatic carbocycles. The number of aliphatic hydroxyl groups excluding tert-OH is 1. The Bertz CT molecular complexity index is 1040. The van der Waals surface area contributed by atoms with E-state index in [-0.39, 0.29) is 18.8 Å². The van der Waals surface area contributed by atoms with E-state index in [0.717, 1.165) is 87.2 Å². The van der Waals surface area contributed by atoms with Gasteiger partial charge in [0, 0.05) is 43.7 Å². The van der Waals surface area contributed by atoms with Gasteiger partial charge in [0.05, 0.1) is 5.39 Å². The quantitative estimate of drug-likeness (QED) is 0.650. The number of hydrogen-bond donors (Lipinski definition) is 1. The van der Waals surface area contributed by atoms with Crippen LogP contribution in [-0.4, -0.2) is 81.5 Å². The predicted octanol–water partition coefficient (Wildman–Crippen LogP) is 4.35. The lowest BCUT2D eigenvalue weighted by Gasteiger charge is -2.42. The Labute approximate surface area is 211 Å². The Kier molecular flexibility index (Phi) is 7.19. The smallest absolute Gasteiger partial charge is 0.410 e. The molecule has 3 aliphatic rings. The number of fused-ring (bicyclic) bond motifs is 3. The maximum atomic E-state index is 12.4. The SMILES string of the molecule is CC(C)(C)OC(=O)N1CCN([C@H]2CC[C@H](Oc3ncnc4sc5c(c34)[C@@H](CCO)CC5)CC2)CC1. The molecule has 1 amide bonds. The third kappa shape index (κ3) is 5.42.